The molecule has 21 heavy (non-hydrogen) atoms. The van der Waals surface area contributed by atoms with Gasteiger partial charge in [-0.25, -0.2) is 0 Å². The van der Waals surface area contributed by atoms with Gasteiger partial charge in [0, 0.05) is 11.8 Å². The molecule has 0 atom stereocenters. The zero-order valence-electron chi connectivity index (χ0n) is 13.0. The van der Waals surface area contributed by atoms with Crippen molar-refractivity contribution in [1.82, 2.24) is 0 Å². The van der Waals surface area contributed by atoms with E-state index in [1.165, 1.54) is 11.1 Å². The Labute approximate surface area is 126 Å². The lowest BCUT2D eigenvalue weighted by molar-refractivity contribution is -0.111. The van der Waals surface area contributed by atoms with Gasteiger partial charge in [0.2, 0.25) is 5.91 Å². The number of amides is 1. The number of carbonyl (C=O) groups is 1. The number of nitrogens with one attached hydrogen (secondary N) is 1. The van der Waals surface area contributed by atoms with E-state index >= 15 is 0 Å². The van der Waals surface area contributed by atoms with E-state index in [0.717, 1.165) is 22.4 Å². The molecule has 0 aliphatic carbocycles. The van der Waals surface area contributed by atoms with Crippen LogP contribution >= 0.6 is 0 Å². The van der Waals surface area contributed by atoms with Gasteiger partial charge in [0.1, 0.15) is 0 Å². The molecule has 0 aliphatic rings. The van der Waals surface area contributed by atoms with E-state index in [4.69, 9.17) is 0 Å². The fourth-order valence-electron chi connectivity index (χ4n) is 2.39. The molecule has 108 valence electrons. The first-order valence-corrected chi connectivity index (χ1v) is 7.09. The first-order valence-electron chi connectivity index (χ1n) is 7.09. The van der Waals surface area contributed by atoms with Gasteiger partial charge in [0.25, 0.3) is 0 Å². The van der Waals surface area contributed by atoms with Crippen molar-refractivity contribution in [3.8, 4) is 0 Å². The summed E-state index contributed by atoms with van der Waals surface area (Å²) in [6.45, 7) is 8.13. The Bertz CT molecular complexity index is 658. The minimum absolute atomic E-state index is 0.106. The van der Waals surface area contributed by atoms with Gasteiger partial charge in [-0.2, -0.15) is 0 Å². The summed E-state index contributed by atoms with van der Waals surface area (Å²) in [4.78, 5) is 12.0. The van der Waals surface area contributed by atoms with Crippen molar-refractivity contribution >= 4 is 17.7 Å². The van der Waals surface area contributed by atoms with Crippen LogP contribution in [-0.4, -0.2) is 5.91 Å². The van der Waals surface area contributed by atoms with Crippen LogP contribution in [-0.2, 0) is 4.79 Å². The van der Waals surface area contributed by atoms with Crippen LogP contribution in [0.25, 0.3) is 6.08 Å². The van der Waals surface area contributed by atoms with Gasteiger partial charge in [-0.1, -0.05) is 47.5 Å². The van der Waals surface area contributed by atoms with E-state index in [9.17, 15) is 4.79 Å². The van der Waals surface area contributed by atoms with Crippen molar-refractivity contribution in [2.24, 2.45) is 0 Å². The molecule has 0 radical (unpaired) electrons. The quantitative estimate of drug-likeness (QED) is 0.819. The van der Waals surface area contributed by atoms with E-state index < -0.39 is 0 Å². The molecule has 0 saturated heterocycles. The number of rotatable bonds is 3. The number of benzene rings is 2. The lowest BCUT2D eigenvalue weighted by atomic mass is 10.1. The highest BCUT2D eigenvalue weighted by atomic mass is 16.1. The van der Waals surface area contributed by atoms with Gasteiger partial charge in [-0.05, 0) is 50.5 Å². The van der Waals surface area contributed by atoms with Gasteiger partial charge in [-0.3, -0.25) is 4.79 Å². The van der Waals surface area contributed by atoms with Crippen LogP contribution in [0.3, 0.4) is 0 Å². The number of hydrogen-bond acceptors (Lipinski definition) is 1. The molecule has 2 nitrogen and oxygen atoms in total. The van der Waals surface area contributed by atoms with Crippen molar-refractivity contribution in [2.75, 3.05) is 5.32 Å². The number of aryl methyl sites for hydroxylation is 4. The molecule has 0 spiro atoms. The Kier molecular flexibility index (Phi) is 4.59. The highest BCUT2D eigenvalue weighted by Crippen LogP contribution is 2.21. The van der Waals surface area contributed by atoms with E-state index in [0.29, 0.717) is 0 Å². The van der Waals surface area contributed by atoms with Gasteiger partial charge < -0.3 is 5.32 Å². The maximum Gasteiger partial charge on any atom is 0.248 e. The lowest BCUT2D eigenvalue weighted by Gasteiger charge is -2.11. The summed E-state index contributed by atoms with van der Waals surface area (Å²) in [6, 6.07) is 12.2. The highest BCUT2D eigenvalue weighted by molar-refractivity contribution is 6.02. The molecule has 1 N–H and O–H groups in total. The average Bonchev–Trinajstić information content (AvgIpc) is 2.42. The van der Waals surface area contributed by atoms with Crippen molar-refractivity contribution in [2.45, 2.75) is 27.7 Å². The monoisotopic (exact) mass is 279 g/mol. The molecule has 2 aromatic carbocycles. The number of hydrogen-bond donors (Lipinski definition) is 1. The van der Waals surface area contributed by atoms with Gasteiger partial charge in [-0.15, -0.1) is 0 Å². The summed E-state index contributed by atoms with van der Waals surface area (Å²) < 4.78 is 0. The fraction of sp³-hybridized carbons (Fsp3) is 0.211. The summed E-state index contributed by atoms with van der Waals surface area (Å²) in [6.07, 6.45) is 3.40. The molecule has 2 rings (SSSR count). The Hall–Kier alpha value is -2.35. The van der Waals surface area contributed by atoms with Crippen LogP contribution in [0.5, 0.6) is 0 Å². The second-order valence-electron chi connectivity index (χ2n) is 5.51. The summed E-state index contributed by atoms with van der Waals surface area (Å²) in [5.74, 6) is -0.106. The third kappa shape index (κ3) is 4.06. The molecule has 0 saturated carbocycles. The molecular formula is C19H21NO. The second-order valence-corrected chi connectivity index (χ2v) is 5.51. The predicted molar refractivity (Wildman–Crippen MR) is 89.5 cm³/mol. The van der Waals surface area contributed by atoms with E-state index in [1.807, 2.05) is 51.1 Å². The van der Waals surface area contributed by atoms with E-state index in [2.05, 4.69) is 24.4 Å². The Balaban J connectivity index is 2.10. The summed E-state index contributed by atoms with van der Waals surface area (Å²) >= 11 is 0. The normalized spacial score (nSPS) is 10.9. The zero-order valence-corrected chi connectivity index (χ0v) is 13.0. The molecule has 0 aliphatic heterocycles. The van der Waals surface area contributed by atoms with Crippen LogP contribution < -0.4 is 5.32 Å². The number of carbonyl (C=O) groups excluding carboxylic acids is 1. The molecule has 0 bridgehead atoms. The van der Waals surface area contributed by atoms with Crippen LogP contribution in [0, 0.1) is 27.7 Å². The maximum absolute atomic E-state index is 12.0. The molecule has 2 aromatic rings. The topological polar surface area (TPSA) is 29.1 Å². The minimum atomic E-state index is -0.106. The fourth-order valence-corrected chi connectivity index (χ4v) is 2.39. The Morgan fingerprint density at radius 1 is 0.905 bits per heavy atom. The van der Waals surface area contributed by atoms with Crippen molar-refractivity contribution in [3.05, 3.63) is 70.3 Å². The van der Waals surface area contributed by atoms with Crippen molar-refractivity contribution in [3.63, 3.8) is 0 Å². The van der Waals surface area contributed by atoms with E-state index in [-0.39, 0.29) is 5.91 Å². The SMILES string of the molecule is Cc1ccc(C=CC(=O)Nc2c(C)cc(C)cc2C)cc1. The summed E-state index contributed by atoms with van der Waals surface area (Å²) in [5, 5.41) is 2.96. The molecule has 1 amide bonds. The van der Waals surface area contributed by atoms with E-state index in [1.54, 1.807) is 6.08 Å². The molecule has 0 fully saturated rings. The first-order chi connectivity index (χ1) is 9.95. The summed E-state index contributed by atoms with van der Waals surface area (Å²) in [7, 11) is 0. The molecular weight excluding hydrogens is 258 g/mol. The number of anilines is 1. The first kappa shape index (κ1) is 15.0. The van der Waals surface area contributed by atoms with Crippen molar-refractivity contribution in [1.29, 1.82) is 0 Å². The third-order valence-electron chi connectivity index (χ3n) is 3.43. The molecule has 0 unspecified atom stereocenters. The highest BCUT2D eigenvalue weighted by Gasteiger charge is 2.05. The van der Waals surface area contributed by atoms with Crippen LogP contribution in [0.4, 0.5) is 5.69 Å². The van der Waals surface area contributed by atoms with Crippen LogP contribution in [0.2, 0.25) is 0 Å². The molecule has 0 heterocycles. The second kappa shape index (κ2) is 6.40. The van der Waals surface area contributed by atoms with Gasteiger partial charge in [0.15, 0.2) is 0 Å². The third-order valence-corrected chi connectivity index (χ3v) is 3.43. The van der Waals surface area contributed by atoms with Crippen LogP contribution in [0.15, 0.2) is 42.5 Å². The standard InChI is InChI=1S/C19H21NO/c1-13-5-7-17(8-6-13)9-10-18(21)20-19-15(3)11-14(2)12-16(19)4/h5-12H,1-4H3,(H,20,21). The Morgan fingerprint density at radius 2 is 1.48 bits per heavy atom. The molecule has 0 aromatic heterocycles. The molecule has 2 heteroatoms. The summed E-state index contributed by atoms with van der Waals surface area (Å²) in [5.41, 5.74) is 6.52. The average molecular weight is 279 g/mol. The van der Waals surface area contributed by atoms with Crippen LogP contribution in [0.1, 0.15) is 27.8 Å². The maximum atomic E-state index is 12.0. The Morgan fingerprint density at radius 3 is 2.05 bits per heavy atom. The lowest BCUT2D eigenvalue weighted by Crippen LogP contribution is -2.10. The van der Waals surface area contributed by atoms with Gasteiger partial charge in [0.05, 0.1) is 0 Å². The van der Waals surface area contributed by atoms with Crippen molar-refractivity contribution < 1.29 is 4.79 Å². The van der Waals surface area contributed by atoms with Gasteiger partial charge >= 0.3 is 0 Å². The largest absolute Gasteiger partial charge is 0.322 e. The predicted octanol–water partition coefficient (Wildman–Crippen LogP) is 4.57. The smallest absolute Gasteiger partial charge is 0.248 e. The minimum Gasteiger partial charge on any atom is -0.322 e. The zero-order chi connectivity index (χ0) is 15.4.